The molecule has 0 bridgehead atoms. The molecule has 10 heteroatoms. The van der Waals surface area contributed by atoms with Crippen molar-refractivity contribution in [3.05, 3.63) is 58.6 Å². The highest BCUT2D eigenvalue weighted by Crippen LogP contribution is 2.26. The van der Waals surface area contributed by atoms with Crippen LogP contribution in [0, 0.1) is 11.6 Å². The lowest BCUT2D eigenvalue weighted by molar-refractivity contribution is -0.117. The summed E-state index contributed by atoms with van der Waals surface area (Å²) in [4.78, 5) is 35.2. The van der Waals surface area contributed by atoms with Crippen molar-refractivity contribution in [1.29, 1.82) is 0 Å². The molecule has 0 heterocycles. The fourth-order valence-corrected chi connectivity index (χ4v) is 2.43. The molecule has 2 rings (SSSR count). The van der Waals surface area contributed by atoms with E-state index in [9.17, 15) is 23.2 Å². The van der Waals surface area contributed by atoms with Crippen LogP contribution in [-0.4, -0.2) is 29.1 Å². The molecule has 2 aromatic carbocycles. The monoisotopic (exact) mass is 397 g/mol. The second-order valence-electron chi connectivity index (χ2n) is 5.44. The molecule has 3 amide bonds. The Morgan fingerprint density at radius 3 is 2.30 bits per heavy atom. The Kier molecular flexibility index (Phi) is 6.30. The summed E-state index contributed by atoms with van der Waals surface area (Å²) in [5.74, 6) is -3.32. The molecule has 0 aromatic heterocycles. The summed E-state index contributed by atoms with van der Waals surface area (Å²) in [6.45, 7) is 1.31. The predicted molar refractivity (Wildman–Crippen MR) is 95.0 cm³/mol. The molecular formula is C17H14ClF2N3O4. The molecule has 0 saturated heterocycles. The van der Waals surface area contributed by atoms with Gasteiger partial charge in [-0.15, -0.1) is 0 Å². The SMILES string of the molecule is CC(NC(=O)O)C(=O)Nc1cccc(Cl)c1C(=O)Nc1cc(F)cc(F)c1. The lowest BCUT2D eigenvalue weighted by Crippen LogP contribution is -2.41. The van der Waals surface area contributed by atoms with E-state index in [-0.39, 0.29) is 22.0 Å². The van der Waals surface area contributed by atoms with E-state index in [1.807, 2.05) is 5.32 Å². The zero-order chi connectivity index (χ0) is 20.1. The number of rotatable bonds is 5. The van der Waals surface area contributed by atoms with Crippen LogP contribution in [0.4, 0.5) is 25.0 Å². The minimum Gasteiger partial charge on any atom is -0.465 e. The summed E-state index contributed by atoms with van der Waals surface area (Å²) in [5, 5.41) is 15.3. The molecule has 142 valence electrons. The summed E-state index contributed by atoms with van der Waals surface area (Å²) in [6, 6.07) is 5.59. The molecule has 27 heavy (non-hydrogen) atoms. The lowest BCUT2D eigenvalue weighted by atomic mass is 10.1. The van der Waals surface area contributed by atoms with Gasteiger partial charge < -0.3 is 21.1 Å². The molecule has 4 N–H and O–H groups in total. The first kappa shape index (κ1) is 20.1. The third kappa shape index (κ3) is 5.38. The smallest absolute Gasteiger partial charge is 0.405 e. The Labute approximate surface area is 157 Å². The summed E-state index contributed by atoms with van der Waals surface area (Å²) in [6.07, 6.45) is -1.39. The van der Waals surface area contributed by atoms with Crippen LogP contribution >= 0.6 is 11.6 Å². The second kappa shape index (κ2) is 8.45. The highest BCUT2D eigenvalue weighted by atomic mass is 35.5. The molecule has 0 aliphatic carbocycles. The molecule has 1 unspecified atom stereocenters. The van der Waals surface area contributed by atoms with Gasteiger partial charge in [0.2, 0.25) is 5.91 Å². The van der Waals surface area contributed by atoms with Crippen molar-refractivity contribution in [3.63, 3.8) is 0 Å². The molecule has 0 saturated carbocycles. The molecule has 0 spiro atoms. The Morgan fingerprint density at radius 1 is 1.07 bits per heavy atom. The topological polar surface area (TPSA) is 108 Å². The predicted octanol–water partition coefficient (Wildman–Crippen LogP) is 3.47. The van der Waals surface area contributed by atoms with Gasteiger partial charge in [0, 0.05) is 11.8 Å². The van der Waals surface area contributed by atoms with E-state index >= 15 is 0 Å². The number of carbonyl (C=O) groups is 3. The molecule has 0 aliphatic heterocycles. The van der Waals surface area contributed by atoms with Crippen LogP contribution < -0.4 is 16.0 Å². The average molecular weight is 398 g/mol. The first-order chi connectivity index (χ1) is 12.7. The number of amides is 3. The number of hydrogen-bond donors (Lipinski definition) is 4. The Morgan fingerprint density at radius 2 is 1.70 bits per heavy atom. The van der Waals surface area contributed by atoms with Crippen LogP contribution in [0.25, 0.3) is 0 Å². The van der Waals surface area contributed by atoms with Crippen LogP contribution in [-0.2, 0) is 4.79 Å². The molecule has 0 aliphatic rings. The van der Waals surface area contributed by atoms with Crippen molar-refractivity contribution in [2.75, 3.05) is 10.6 Å². The fourth-order valence-electron chi connectivity index (χ4n) is 2.17. The van der Waals surface area contributed by atoms with Crippen LogP contribution in [0.5, 0.6) is 0 Å². The highest BCUT2D eigenvalue weighted by Gasteiger charge is 2.21. The third-order valence-electron chi connectivity index (χ3n) is 3.35. The number of nitrogens with one attached hydrogen (secondary N) is 3. The normalized spacial score (nSPS) is 11.4. The standard InChI is InChI=1S/C17H14ClF2N3O4/c1-8(21-17(26)27)15(24)23-13-4-2-3-12(18)14(13)16(25)22-11-6-9(19)5-10(20)7-11/h2-8,21H,1H3,(H,22,25)(H,23,24)(H,26,27). The average Bonchev–Trinajstić information content (AvgIpc) is 2.53. The number of carboxylic acid groups (broad SMARTS) is 1. The van der Waals surface area contributed by atoms with Crippen LogP contribution in [0.3, 0.4) is 0 Å². The number of halogens is 3. The van der Waals surface area contributed by atoms with E-state index in [1.54, 1.807) is 0 Å². The van der Waals surface area contributed by atoms with Gasteiger partial charge in [0.25, 0.3) is 5.91 Å². The number of anilines is 2. The minimum atomic E-state index is -1.39. The van der Waals surface area contributed by atoms with E-state index in [1.165, 1.54) is 25.1 Å². The summed E-state index contributed by atoms with van der Waals surface area (Å²) in [5.41, 5.74) is -0.295. The van der Waals surface area contributed by atoms with Gasteiger partial charge in [0.05, 0.1) is 16.3 Å². The number of hydrogen-bond acceptors (Lipinski definition) is 3. The van der Waals surface area contributed by atoms with Crippen molar-refractivity contribution in [3.8, 4) is 0 Å². The summed E-state index contributed by atoms with van der Waals surface area (Å²) in [7, 11) is 0. The zero-order valence-corrected chi connectivity index (χ0v) is 14.6. The van der Waals surface area contributed by atoms with Crippen molar-refractivity contribution in [1.82, 2.24) is 5.32 Å². The van der Waals surface area contributed by atoms with E-state index < -0.39 is 35.6 Å². The number of carbonyl (C=O) groups excluding carboxylic acids is 2. The van der Waals surface area contributed by atoms with Gasteiger partial charge in [-0.05, 0) is 31.2 Å². The molecule has 0 radical (unpaired) electrons. The van der Waals surface area contributed by atoms with Gasteiger partial charge in [-0.2, -0.15) is 0 Å². The second-order valence-corrected chi connectivity index (χ2v) is 5.84. The summed E-state index contributed by atoms with van der Waals surface area (Å²) < 4.78 is 26.6. The van der Waals surface area contributed by atoms with E-state index in [4.69, 9.17) is 16.7 Å². The zero-order valence-electron chi connectivity index (χ0n) is 13.8. The van der Waals surface area contributed by atoms with Crippen molar-refractivity contribution < 1.29 is 28.3 Å². The lowest BCUT2D eigenvalue weighted by Gasteiger charge is -2.16. The number of benzene rings is 2. The third-order valence-corrected chi connectivity index (χ3v) is 3.67. The molecule has 0 fully saturated rings. The largest absolute Gasteiger partial charge is 0.465 e. The van der Waals surface area contributed by atoms with Gasteiger partial charge in [-0.25, -0.2) is 13.6 Å². The van der Waals surface area contributed by atoms with Gasteiger partial charge >= 0.3 is 6.09 Å². The van der Waals surface area contributed by atoms with Crippen LogP contribution in [0.15, 0.2) is 36.4 Å². The van der Waals surface area contributed by atoms with Gasteiger partial charge in [-0.1, -0.05) is 17.7 Å². The molecular weight excluding hydrogens is 384 g/mol. The Hall–Kier alpha value is -3.20. The Bertz CT molecular complexity index is 887. The Balaban J connectivity index is 2.27. The quantitative estimate of drug-likeness (QED) is 0.619. The maximum absolute atomic E-state index is 13.3. The van der Waals surface area contributed by atoms with Crippen molar-refractivity contribution in [2.45, 2.75) is 13.0 Å². The maximum Gasteiger partial charge on any atom is 0.405 e. The van der Waals surface area contributed by atoms with Crippen molar-refractivity contribution >= 4 is 40.9 Å². The molecule has 1 atom stereocenters. The van der Waals surface area contributed by atoms with Crippen molar-refractivity contribution in [2.24, 2.45) is 0 Å². The molecule has 2 aromatic rings. The first-order valence-corrected chi connectivity index (χ1v) is 7.91. The van der Waals surface area contributed by atoms with Gasteiger partial charge in [-0.3, -0.25) is 9.59 Å². The maximum atomic E-state index is 13.3. The van der Waals surface area contributed by atoms with Crippen LogP contribution in [0.2, 0.25) is 5.02 Å². The fraction of sp³-hybridized carbons (Fsp3) is 0.118. The van der Waals surface area contributed by atoms with Gasteiger partial charge in [0.1, 0.15) is 17.7 Å². The first-order valence-electron chi connectivity index (χ1n) is 7.53. The van der Waals surface area contributed by atoms with E-state index in [0.29, 0.717) is 6.07 Å². The van der Waals surface area contributed by atoms with Crippen LogP contribution in [0.1, 0.15) is 17.3 Å². The minimum absolute atomic E-state index is 0.000846. The van der Waals surface area contributed by atoms with E-state index in [2.05, 4.69) is 10.6 Å². The highest BCUT2D eigenvalue weighted by molar-refractivity contribution is 6.35. The molecule has 7 nitrogen and oxygen atoms in total. The van der Waals surface area contributed by atoms with E-state index in [0.717, 1.165) is 12.1 Å². The van der Waals surface area contributed by atoms with Gasteiger partial charge in [0.15, 0.2) is 0 Å². The summed E-state index contributed by atoms with van der Waals surface area (Å²) >= 11 is 6.03.